The molecule has 2 amide bonds. The highest BCUT2D eigenvalue weighted by Gasteiger charge is 2.12. The average molecular weight is 317 g/mol. The van der Waals surface area contributed by atoms with Crippen LogP contribution in [0, 0.1) is 5.92 Å². The Bertz CT molecular complexity index is 696. The number of carbonyl (C=O) groups is 2. The molecule has 0 radical (unpaired) electrons. The number of nitrogens with zero attached hydrogens (tertiary/aromatic N) is 3. The summed E-state index contributed by atoms with van der Waals surface area (Å²) in [5.41, 5.74) is 0.577. The first-order chi connectivity index (χ1) is 11.0. The van der Waals surface area contributed by atoms with Gasteiger partial charge < -0.3 is 15.4 Å². The van der Waals surface area contributed by atoms with Gasteiger partial charge in [0.15, 0.2) is 5.82 Å². The Labute approximate surface area is 133 Å². The second-order valence-electron chi connectivity index (χ2n) is 5.19. The van der Waals surface area contributed by atoms with Gasteiger partial charge in [-0.3, -0.25) is 9.59 Å². The van der Waals surface area contributed by atoms with E-state index < -0.39 is 0 Å². The van der Waals surface area contributed by atoms with E-state index in [2.05, 4.69) is 20.9 Å². The minimum Gasteiger partial charge on any atom is -0.495 e. The maximum atomic E-state index is 12.0. The van der Waals surface area contributed by atoms with E-state index in [9.17, 15) is 9.59 Å². The number of methoxy groups -OCH3 is 1. The lowest BCUT2D eigenvalue weighted by Crippen LogP contribution is -2.19. The third-order valence-electron chi connectivity index (χ3n) is 3.00. The number of nitrogens with one attached hydrogen (secondary N) is 2. The highest BCUT2D eigenvalue weighted by atomic mass is 16.5. The van der Waals surface area contributed by atoms with Crippen molar-refractivity contribution in [3.05, 3.63) is 30.5 Å². The number of aromatic nitrogens is 3. The van der Waals surface area contributed by atoms with Gasteiger partial charge in [-0.2, -0.15) is 0 Å². The topological polar surface area (TPSA) is 98.1 Å². The molecule has 0 saturated heterocycles. The fourth-order valence-corrected chi connectivity index (χ4v) is 1.79. The highest BCUT2D eigenvalue weighted by molar-refractivity contribution is 5.92. The van der Waals surface area contributed by atoms with Crippen molar-refractivity contribution in [3.63, 3.8) is 0 Å². The molecule has 2 N–H and O–H groups in total. The molecule has 23 heavy (non-hydrogen) atoms. The molecule has 0 saturated carbocycles. The maximum absolute atomic E-state index is 12.0. The molecule has 8 heteroatoms. The second kappa shape index (κ2) is 7.39. The Balaban J connectivity index is 1.96. The Morgan fingerprint density at radius 3 is 2.70 bits per heavy atom. The number of para-hydroxylation sites is 2. The predicted molar refractivity (Wildman–Crippen MR) is 85.1 cm³/mol. The van der Waals surface area contributed by atoms with E-state index in [-0.39, 0.29) is 24.3 Å². The smallest absolute Gasteiger partial charge is 0.246 e. The van der Waals surface area contributed by atoms with Crippen molar-refractivity contribution in [2.75, 3.05) is 17.7 Å². The minimum absolute atomic E-state index is 0.0252. The fraction of sp³-hybridized carbons (Fsp3) is 0.333. The molecule has 0 atom stereocenters. The molecule has 0 aliphatic heterocycles. The molecule has 1 aromatic carbocycles. The van der Waals surface area contributed by atoms with Crippen molar-refractivity contribution < 1.29 is 14.3 Å². The zero-order valence-electron chi connectivity index (χ0n) is 13.2. The van der Waals surface area contributed by atoms with Crippen molar-refractivity contribution in [3.8, 4) is 5.75 Å². The number of hydrogen-bond acceptors (Lipinski definition) is 5. The summed E-state index contributed by atoms with van der Waals surface area (Å²) in [6.07, 6.45) is 1.50. The van der Waals surface area contributed by atoms with Crippen LogP contribution in [0.4, 0.5) is 11.5 Å². The third-order valence-corrected chi connectivity index (χ3v) is 3.00. The first-order valence-corrected chi connectivity index (χ1v) is 7.13. The van der Waals surface area contributed by atoms with E-state index in [0.29, 0.717) is 17.3 Å². The van der Waals surface area contributed by atoms with Crippen LogP contribution in [0.15, 0.2) is 30.5 Å². The summed E-state index contributed by atoms with van der Waals surface area (Å²) in [4.78, 5) is 23.6. The van der Waals surface area contributed by atoms with Crippen molar-refractivity contribution in [1.82, 2.24) is 15.0 Å². The van der Waals surface area contributed by atoms with Crippen molar-refractivity contribution >= 4 is 23.3 Å². The third kappa shape index (κ3) is 4.53. The largest absolute Gasteiger partial charge is 0.495 e. The first kappa shape index (κ1) is 16.5. The zero-order chi connectivity index (χ0) is 16.8. The minimum atomic E-state index is -0.277. The Morgan fingerprint density at radius 1 is 1.26 bits per heavy atom. The van der Waals surface area contributed by atoms with Gasteiger partial charge in [0.1, 0.15) is 12.3 Å². The first-order valence-electron chi connectivity index (χ1n) is 7.13. The van der Waals surface area contributed by atoms with E-state index >= 15 is 0 Å². The van der Waals surface area contributed by atoms with Gasteiger partial charge in [-0.15, -0.1) is 5.10 Å². The molecule has 2 aromatic rings. The van der Waals surface area contributed by atoms with Crippen molar-refractivity contribution in [1.29, 1.82) is 0 Å². The molecular formula is C15H19N5O3. The lowest BCUT2D eigenvalue weighted by Gasteiger charge is -2.09. The molecule has 0 bridgehead atoms. The van der Waals surface area contributed by atoms with E-state index in [1.807, 2.05) is 6.07 Å². The van der Waals surface area contributed by atoms with Gasteiger partial charge in [0.2, 0.25) is 11.8 Å². The second-order valence-corrected chi connectivity index (χ2v) is 5.19. The molecule has 0 aliphatic rings. The highest BCUT2D eigenvalue weighted by Crippen LogP contribution is 2.22. The molecule has 122 valence electrons. The Hall–Kier alpha value is -2.90. The van der Waals surface area contributed by atoms with Gasteiger partial charge in [-0.05, 0) is 12.1 Å². The van der Waals surface area contributed by atoms with Crippen LogP contribution in [0.1, 0.15) is 13.8 Å². The average Bonchev–Trinajstić information content (AvgIpc) is 2.94. The standard InChI is InChI=1S/C15H19N5O3/c1-10(2)15(22)17-13-8-20(19-18-13)9-14(21)16-11-6-4-5-7-12(11)23-3/h4-8,10H,9H2,1-3H3,(H,16,21)(H,17,22). The van der Waals surface area contributed by atoms with Gasteiger partial charge in [0.25, 0.3) is 0 Å². The summed E-state index contributed by atoms with van der Waals surface area (Å²) in [6.45, 7) is 3.53. The molecule has 1 aromatic heterocycles. The van der Waals surface area contributed by atoms with E-state index in [1.165, 1.54) is 18.0 Å². The van der Waals surface area contributed by atoms with Gasteiger partial charge in [-0.1, -0.05) is 31.2 Å². The number of anilines is 2. The molecule has 0 unspecified atom stereocenters. The lowest BCUT2D eigenvalue weighted by molar-refractivity contribution is -0.119. The van der Waals surface area contributed by atoms with Gasteiger partial charge in [-0.25, -0.2) is 4.68 Å². The van der Waals surface area contributed by atoms with E-state index in [4.69, 9.17) is 4.74 Å². The van der Waals surface area contributed by atoms with Crippen LogP contribution in [-0.4, -0.2) is 33.9 Å². The maximum Gasteiger partial charge on any atom is 0.246 e. The van der Waals surface area contributed by atoms with Crippen molar-refractivity contribution in [2.24, 2.45) is 5.92 Å². The van der Waals surface area contributed by atoms with Crippen LogP contribution >= 0.6 is 0 Å². The predicted octanol–water partition coefficient (Wildman–Crippen LogP) is 1.52. The molecule has 0 fully saturated rings. The lowest BCUT2D eigenvalue weighted by atomic mass is 10.2. The van der Waals surface area contributed by atoms with E-state index in [1.54, 1.807) is 32.0 Å². The fourth-order valence-electron chi connectivity index (χ4n) is 1.79. The van der Waals surface area contributed by atoms with E-state index in [0.717, 1.165) is 0 Å². The molecule has 1 heterocycles. The van der Waals surface area contributed by atoms with Crippen molar-refractivity contribution in [2.45, 2.75) is 20.4 Å². The van der Waals surface area contributed by atoms with Crippen LogP contribution in [-0.2, 0) is 16.1 Å². The Morgan fingerprint density at radius 2 is 2.00 bits per heavy atom. The number of hydrogen-bond donors (Lipinski definition) is 2. The number of amides is 2. The number of rotatable bonds is 6. The quantitative estimate of drug-likeness (QED) is 0.841. The SMILES string of the molecule is COc1ccccc1NC(=O)Cn1cc(NC(=O)C(C)C)nn1. The normalized spacial score (nSPS) is 10.4. The van der Waals surface area contributed by atoms with Crippen LogP contribution in [0.25, 0.3) is 0 Å². The van der Waals surface area contributed by atoms with Crippen LogP contribution in [0.5, 0.6) is 5.75 Å². The summed E-state index contributed by atoms with van der Waals surface area (Å²) >= 11 is 0. The van der Waals surface area contributed by atoms with Gasteiger partial charge in [0.05, 0.1) is 19.0 Å². The summed E-state index contributed by atoms with van der Waals surface area (Å²) in [5, 5.41) is 13.0. The molecule has 8 nitrogen and oxygen atoms in total. The number of carbonyl (C=O) groups excluding carboxylic acids is 2. The summed E-state index contributed by atoms with van der Waals surface area (Å²) < 4.78 is 6.52. The summed E-state index contributed by atoms with van der Waals surface area (Å²) in [5.74, 6) is 0.295. The number of ether oxygens (including phenoxy) is 1. The summed E-state index contributed by atoms with van der Waals surface area (Å²) in [6, 6.07) is 7.11. The molecule has 0 spiro atoms. The summed E-state index contributed by atoms with van der Waals surface area (Å²) in [7, 11) is 1.53. The molecule has 2 rings (SSSR count). The molecular weight excluding hydrogens is 298 g/mol. The van der Waals surface area contributed by atoms with Crippen LogP contribution < -0.4 is 15.4 Å². The molecule has 0 aliphatic carbocycles. The monoisotopic (exact) mass is 317 g/mol. The van der Waals surface area contributed by atoms with Gasteiger partial charge in [0, 0.05) is 5.92 Å². The zero-order valence-corrected chi connectivity index (χ0v) is 13.2. The Kier molecular flexibility index (Phi) is 5.29. The van der Waals surface area contributed by atoms with Crippen LogP contribution in [0.2, 0.25) is 0 Å². The van der Waals surface area contributed by atoms with Gasteiger partial charge >= 0.3 is 0 Å². The number of benzene rings is 1. The van der Waals surface area contributed by atoms with Crippen LogP contribution in [0.3, 0.4) is 0 Å².